The lowest BCUT2D eigenvalue weighted by molar-refractivity contribution is -0.137. The van der Waals surface area contributed by atoms with Crippen molar-refractivity contribution in [1.82, 2.24) is 5.32 Å². The topological polar surface area (TPSA) is 38.0 Å². The molecular weight excluding hydrogens is 205 g/mol. The van der Waals surface area contributed by atoms with E-state index in [9.17, 15) is 13.2 Å². The van der Waals surface area contributed by atoms with E-state index in [0.717, 1.165) is 18.2 Å². The van der Waals surface area contributed by atoms with E-state index in [1.807, 2.05) is 0 Å². The zero-order chi connectivity index (χ0) is 11.1. The largest absolute Gasteiger partial charge is 0.416 e. The van der Waals surface area contributed by atoms with E-state index in [1.54, 1.807) is 0 Å². The predicted molar refractivity (Wildman–Crippen MR) is 51.3 cm³/mol. The number of nitrogens with one attached hydrogen (secondary N) is 1. The molecule has 5 heteroatoms. The zero-order valence-corrected chi connectivity index (χ0v) is 7.99. The summed E-state index contributed by atoms with van der Waals surface area (Å²) in [6.07, 6.45) is -3.63. The summed E-state index contributed by atoms with van der Waals surface area (Å²) in [6.45, 7) is 1.23. The molecule has 0 radical (unpaired) electrons. The summed E-state index contributed by atoms with van der Waals surface area (Å²) in [4.78, 5) is 0. The SMILES string of the molecule is Nc1cc(C(F)(F)F)cc2c1CCNC2. The summed E-state index contributed by atoms with van der Waals surface area (Å²) >= 11 is 0. The number of benzene rings is 1. The fraction of sp³-hybridized carbons (Fsp3) is 0.400. The van der Waals surface area contributed by atoms with E-state index in [2.05, 4.69) is 5.32 Å². The van der Waals surface area contributed by atoms with Crippen LogP contribution in [0.1, 0.15) is 16.7 Å². The Labute approximate surface area is 85.3 Å². The average Bonchev–Trinajstić information content (AvgIpc) is 2.16. The maximum Gasteiger partial charge on any atom is 0.416 e. The van der Waals surface area contributed by atoms with Crippen molar-refractivity contribution in [2.75, 3.05) is 12.3 Å². The Morgan fingerprint density at radius 3 is 2.67 bits per heavy atom. The van der Waals surface area contributed by atoms with Gasteiger partial charge in [0.1, 0.15) is 0 Å². The van der Waals surface area contributed by atoms with Crippen LogP contribution in [0.4, 0.5) is 18.9 Å². The lowest BCUT2D eigenvalue weighted by Gasteiger charge is -2.20. The van der Waals surface area contributed by atoms with Gasteiger partial charge in [-0.1, -0.05) is 0 Å². The first-order chi connectivity index (χ1) is 6.98. The first-order valence-corrected chi connectivity index (χ1v) is 4.67. The summed E-state index contributed by atoms with van der Waals surface area (Å²) in [6, 6.07) is 2.20. The van der Waals surface area contributed by atoms with E-state index in [0.29, 0.717) is 18.5 Å². The monoisotopic (exact) mass is 216 g/mol. The van der Waals surface area contributed by atoms with Gasteiger partial charge in [-0.15, -0.1) is 0 Å². The Kier molecular flexibility index (Phi) is 2.34. The molecule has 0 atom stereocenters. The van der Waals surface area contributed by atoms with E-state index in [-0.39, 0.29) is 5.69 Å². The maximum absolute atomic E-state index is 12.5. The van der Waals surface area contributed by atoms with Crippen LogP contribution in [0.2, 0.25) is 0 Å². The minimum atomic E-state index is -4.32. The first kappa shape index (κ1) is 10.3. The number of hydrogen-bond donors (Lipinski definition) is 2. The average molecular weight is 216 g/mol. The summed E-state index contributed by atoms with van der Waals surface area (Å²) in [5.74, 6) is 0. The Morgan fingerprint density at radius 2 is 2.00 bits per heavy atom. The molecule has 0 aromatic heterocycles. The Morgan fingerprint density at radius 1 is 1.27 bits per heavy atom. The van der Waals surface area contributed by atoms with Crippen molar-refractivity contribution in [3.05, 3.63) is 28.8 Å². The Hall–Kier alpha value is -1.23. The van der Waals surface area contributed by atoms with Crippen LogP contribution >= 0.6 is 0 Å². The normalized spacial score (nSPS) is 16.2. The Balaban J connectivity index is 2.50. The van der Waals surface area contributed by atoms with E-state index < -0.39 is 11.7 Å². The molecule has 1 aromatic rings. The number of halogens is 3. The van der Waals surface area contributed by atoms with Gasteiger partial charge in [0.25, 0.3) is 0 Å². The van der Waals surface area contributed by atoms with Crippen LogP contribution < -0.4 is 11.1 Å². The second kappa shape index (κ2) is 3.41. The molecule has 1 aliphatic heterocycles. The van der Waals surface area contributed by atoms with Crippen LogP contribution in [0.5, 0.6) is 0 Å². The van der Waals surface area contributed by atoms with Crippen LogP contribution in [-0.2, 0) is 19.1 Å². The zero-order valence-electron chi connectivity index (χ0n) is 7.99. The van der Waals surface area contributed by atoms with Crippen LogP contribution in [-0.4, -0.2) is 6.54 Å². The number of alkyl halides is 3. The molecule has 1 aliphatic rings. The van der Waals surface area contributed by atoms with Crippen molar-refractivity contribution < 1.29 is 13.2 Å². The van der Waals surface area contributed by atoms with Gasteiger partial charge in [-0.05, 0) is 36.2 Å². The molecule has 1 aromatic carbocycles. The number of anilines is 1. The van der Waals surface area contributed by atoms with Crippen molar-refractivity contribution >= 4 is 5.69 Å². The highest BCUT2D eigenvalue weighted by Gasteiger charge is 2.32. The van der Waals surface area contributed by atoms with Gasteiger partial charge in [-0.2, -0.15) is 13.2 Å². The van der Waals surface area contributed by atoms with E-state index in [1.165, 1.54) is 6.07 Å². The molecule has 0 saturated carbocycles. The summed E-state index contributed by atoms with van der Waals surface area (Å²) in [5.41, 5.74) is 6.71. The molecule has 2 rings (SSSR count). The van der Waals surface area contributed by atoms with Gasteiger partial charge in [0.2, 0.25) is 0 Å². The van der Waals surface area contributed by atoms with Gasteiger partial charge in [-0.3, -0.25) is 0 Å². The molecule has 2 nitrogen and oxygen atoms in total. The highest BCUT2D eigenvalue weighted by atomic mass is 19.4. The van der Waals surface area contributed by atoms with Crippen molar-refractivity contribution in [2.45, 2.75) is 19.1 Å². The molecule has 0 saturated heterocycles. The van der Waals surface area contributed by atoms with Gasteiger partial charge < -0.3 is 11.1 Å². The van der Waals surface area contributed by atoms with Crippen LogP contribution in [0.3, 0.4) is 0 Å². The van der Waals surface area contributed by atoms with Gasteiger partial charge in [0, 0.05) is 12.2 Å². The summed E-state index contributed by atoms with van der Waals surface area (Å²) in [5, 5.41) is 3.02. The highest BCUT2D eigenvalue weighted by Crippen LogP contribution is 2.33. The minimum absolute atomic E-state index is 0.251. The summed E-state index contributed by atoms with van der Waals surface area (Å²) < 4.78 is 37.4. The second-order valence-electron chi connectivity index (χ2n) is 3.63. The van der Waals surface area contributed by atoms with Gasteiger partial charge in [-0.25, -0.2) is 0 Å². The smallest absolute Gasteiger partial charge is 0.398 e. The minimum Gasteiger partial charge on any atom is -0.398 e. The van der Waals surface area contributed by atoms with Crippen LogP contribution in [0.25, 0.3) is 0 Å². The molecule has 0 fully saturated rings. The van der Waals surface area contributed by atoms with Crippen LogP contribution in [0, 0.1) is 0 Å². The lowest BCUT2D eigenvalue weighted by Crippen LogP contribution is -2.25. The van der Waals surface area contributed by atoms with Gasteiger partial charge >= 0.3 is 6.18 Å². The van der Waals surface area contributed by atoms with E-state index in [4.69, 9.17) is 5.73 Å². The standard InChI is InChI=1S/C10H11F3N2/c11-10(12,13)7-3-6-5-15-2-1-8(6)9(14)4-7/h3-4,15H,1-2,5,14H2. The molecule has 0 bridgehead atoms. The Bertz CT molecular complexity index is 385. The first-order valence-electron chi connectivity index (χ1n) is 4.67. The fourth-order valence-electron chi connectivity index (χ4n) is 1.82. The molecule has 3 N–H and O–H groups in total. The third-order valence-corrected chi connectivity index (χ3v) is 2.57. The molecule has 15 heavy (non-hydrogen) atoms. The number of rotatable bonds is 0. The highest BCUT2D eigenvalue weighted by molar-refractivity contribution is 5.55. The third kappa shape index (κ3) is 1.92. The maximum atomic E-state index is 12.5. The molecule has 1 heterocycles. The number of hydrogen-bond acceptors (Lipinski definition) is 2. The number of nitrogens with two attached hydrogens (primary N) is 1. The molecular formula is C10H11F3N2. The number of nitrogen functional groups attached to an aromatic ring is 1. The summed E-state index contributed by atoms with van der Waals surface area (Å²) in [7, 11) is 0. The lowest BCUT2D eigenvalue weighted by atomic mass is 9.96. The molecule has 82 valence electrons. The van der Waals surface area contributed by atoms with Gasteiger partial charge in [0.05, 0.1) is 5.56 Å². The van der Waals surface area contributed by atoms with Crippen molar-refractivity contribution in [2.24, 2.45) is 0 Å². The quantitative estimate of drug-likeness (QED) is 0.650. The number of fused-ring (bicyclic) bond motifs is 1. The molecule has 0 aliphatic carbocycles. The van der Waals surface area contributed by atoms with Crippen molar-refractivity contribution in [1.29, 1.82) is 0 Å². The molecule has 0 spiro atoms. The van der Waals surface area contributed by atoms with Gasteiger partial charge in [0.15, 0.2) is 0 Å². The molecule has 0 amide bonds. The second-order valence-corrected chi connectivity index (χ2v) is 3.63. The van der Waals surface area contributed by atoms with Crippen molar-refractivity contribution in [3.8, 4) is 0 Å². The van der Waals surface area contributed by atoms with E-state index >= 15 is 0 Å². The van der Waals surface area contributed by atoms with Crippen molar-refractivity contribution in [3.63, 3.8) is 0 Å². The third-order valence-electron chi connectivity index (χ3n) is 2.57. The fourth-order valence-corrected chi connectivity index (χ4v) is 1.82. The predicted octanol–water partition coefficient (Wildman–Crippen LogP) is 1.93. The van der Waals surface area contributed by atoms with Crippen LogP contribution in [0.15, 0.2) is 12.1 Å². The molecule has 0 unspecified atom stereocenters.